The summed E-state index contributed by atoms with van der Waals surface area (Å²) in [5.74, 6) is 6.38. The van der Waals surface area contributed by atoms with Crippen molar-refractivity contribution in [3.63, 3.8) is 0 Å². The molecule has 0 amide bonds. The average molecular weight is 214 g/mol. The van der Waals surface area contributed by atoms with Crippen LogP contribution in [0.25, 0.3) is 0 Å². The average Bonchev–Trinajstić information content (AvgIpc) is 2.05. The van der Waals surface area contributed by atoms with Crippen molar-refractivity contribution >= 4 is 0 Å². The van der Waals surface area contributed by atoms with Gasteiger partial charge in [0.2, 0.25) is 0 Å². The summed E-state index contributed by atoms with van der Waals surface area (Å²) in [6.07, 6.45) is 4.12. The van der Waals surface area contributed by atoms with Gasteiger partial charge >= 0.3 is 0 Å². The highest BCUT2D eigenvalue weighted by Gasteiger charge is 2.39. The Bertz CT molecular complexity index is 185. The fraction of sp³-hybridized carbons (Fsp3) is 1.00. The van der Waals surface area contributed by atoms with E-state index in [-0.39, 0.29) is 11.5 Å². The number of hydrogen-bond donors (Lipinski definition) is 2. The predicted octanol–water partition coefficient (Wildman–Crippen LogP) is 2.07. The number of ether oxygens (including phenoxy) is 1. The number of hydrazine groups is 1. The second kappa shape index (κ2) is 5.28. The first-order chi connectivity index (χ1) is 7.00. The Morgan fingerprint density at radius 2 is 2.00 bits per heavy atom. The first-order valence-electron chi connectivity index (χ1n) is 6.08. The monoisotopic (exact) mass is 214 g/mol. The maximum absolute atomic E-state index is 5.87. The normalized spacial score (nSPS) is 22.2. The summed E-state index contributed by atoms with van der Waals surface area (Å²) in [4.78, 5) is 0. The SMILES string of the molecule is CCOC(C(NN)C1CCC1)C(C)(C)C. The molecule has 90 valence electrons. The number of rotatable bonds is 5. The molecule has 0 aliphatic heterocycles. The van der Waals surface area contributed by atoms with Crippen molar-refractivity contribution < 1.29 is 4.74 Å². The van der Waals surface area contributed by atoms with Crippen LogP contribution in [0.15, 0.2) is 0 Å². The highest BCUT2D eigenvalue weighted by Crippen LogP contribution is 2.36. The molecular formula is C12H26N2O. The third-order valence-electron chi connectivity index (χ3n) is 3.38. The van der Waals surface area contributed by atoms with Crippen LogP contribution in [0.2, 0.25) is 0 Å². The van der Waals surface area contributed by atoms with Crippen molar-refractivity contribution in [2.75, 3.05) is 6.61 Å². The van der Waals surface area contributed by atoms with Crippen LogP contribution in [0.4, 0.5) is 0 Å². The Kier molecular flexibility index (Phi) is 4.56. The minimum absolute atomic E-state index is 0.142. The van der Waals surface area contributed by atoms with Gasteiger partial charge in [0.25, 0.3) is 0 Å². The molecule has 3 heteroatoms. The predicted molar refractivity (Wildman–Crippen MR) is 63.3 cm³/mol. The van der Waals surface area contributed by atoms with E-state index in [1.54, 1.807) is 0 Å². The van der Waals surface area contributed by atoms with Gasteiger partial charge in [-0.05, 0) is 31.1 Å². The lowest BCUT2D eigenvalue weighted by Gasteiger charge is -2.43. The summed E-state index contributed by atoms with van der Waals surface area (Å²) >= 11 is 0. The largest absolute Gasteiger partial charge is 0.376 e. The number of hydrogen-bond acceptors (Lipinski definition) is 3. The van der Waals surface area contributed by atoms with Crippen molar-refractivity contribution in [1.29, 1.82) is 0 Å². The van der Waals surface area contributed by atoms with Crippen LogP contribution in [0.5, 0.6) is 0 Å². The fourth-order valence-corrected chi connectivity index (χ4v) is 2.34. The van der Waals surface area contributed by atoms with Crippen LogP contribution >= 0.6 is 0 Å². The molecule has 1 rings (SSSR count). The summed E-state index contributed by atoms with van der Waals surface area (Å²) in [5, 5.41) is 0. The highest BCUT2D eigenvalue weighted by atomic mass is 16.5. The summed E-state index contributed by atoms with van der Waals surface area (Å²) in [7, 11) is 0. The third-order valence-corrected chi connectivity index (χ3v) is 3.38. The third kappa shape index (κ3) is 3.16. The number of nitrogens with two attached hydrogens (primary N) is 1. The van der Waals surface area contributed by atoms with E-state index in [9.17, 15) is 0 Å². The van der Waals surface area contributed by atoms with Gasteiger partial charge in [0.05, 0.1) is 12.1 Å². The standard InChI is InChI=1S/C12H26N2O/c1-5-15-11(12(2,3)4)10(14-13)9-7-6-8-9/h9-11,14H,5-8,13H2,1-4H3. The molecule has 3 N–H and O–H groups in total. The second-order valence-corrected chi connectivity index (χ2v) is 5.63. The fourth-order valence-electron chi connectivity index (χ4n) is 2.34. The Labute approximate surface area is 93.7 Å². The Morgan fingerprint density at radius 3 is 2.27 bits per heavy atom. The quantitative estimate of drug-likeness (QED) is 0.544. The molecule has 1 saturated carbocycles. The molecule has 15 heavy (non-hydrogen) atoms. The maximum atomic E-state index is 5.87. The Balaban J connectivity index is 2.66. The van der Waals surface area contributed by atoms with Crippen molar-refractivity contribution in [3.8, 4) is 0 Å². The van der Waals surface area contributed by atoms with Gasteiger partial charge in [0.15, 0.2) is 0 Å². The van der Waals surface area contributed by atoms with E-state index in [2.05, 4.69) is 26.2 Å². The molecular weight excluding hydrogens is 188 g/mol. The smallest absolute Gasteiger partial charge is 0.0792 e. The topological polar surface area (TPSA) is 47.3 Å². The lowest BCUT2D eigenvalue weighted by molar-refractivity contribution is -0.0578. The van der Waals surface area contributed by atoms with Crippen molar-refractivity contribution in [3.05, 3.63) is 0 Å². The molecule has 3 nitrogen and oxygen atoms in total. The van der Waals surface area contributed by atoms with Crippen LogP contribution in [0.1, 0.15) is 47.0 Å². The van der Waals surface area contributed by atoms with Gasteiger partial charge in [-0.15, -0.1) is 0 Å². The molecule has 2 atom stereocenters. The second-order valence-electron chi connectivity index (χ2n) is 5.63. The maximum Gasteiger partial charge on any atom is 0.0792 e. The Morgan fingerprint density at radius 1 is 1.40 bits per heavy atom. The molecule has 0 bridgehead atoms. The Hall–Kier alpha value is -0.120. The molecule has 0 aromatic rings. The summed E-state index contributed by atoms with van der Waals surface area (Å²) in [5.41, 5.74) is 3.11. The molecule has 0 heterocycles. The zero-order chi connectivity index (χ0) is 11.5. The van der Waals surface area contributed by atoms with E-state index < -0.39 is 0 Å². The van der Waals surface area contributed by atoms with Gasteiger partial charge in [-0.2, -0.15) is 0 Å². The van der Waals surface area contributed by atoms with Gasteiger partial charge in [0, 0.05) is 6.61 Å². The van der Waals surface area contributed by atoms with E-state index in [1.165, 1.54) is 19.3 Å². The minimum atomic E-state index is 0.142. The number of nitrogens with one attached hydrogen (secondary N) is 1. The summed E-state index contributed by atoms with van der Waals surface area (Å²) in [6, 6.07) is 0.304. The molecule has 0 saturated heterocycles. The van der Waals surface area contributed by atoms with Gasteiger partial charge in [0.1, 0.15) is 0 Å². The molecule has 0 spiro atoms. The van der Waals surface area contributed by atoms with Crippen LogP contribution < -0.4 is 11.3 Å². The first-order valence-corrected chi connectivity index (χ1v) is 6.08. The summed E-state index contributed by atoms with van der Waals surface area (Å²) in [6.45, 7) is 9.46. The molecule has 1 aliphatic carbocycles. The lowest BCUT2D eigenvalue weighted by atomic mass is 9.72. The molecule has 2 unspecified atom stereocenters. The highest BCUT2D eigenvalue weighted by molar-refractivity contribution is 4.92. The van der Waals surface area contributed by atoms with Gasteiger partial charge in [-0.1, -0.05) is 27.2 Å². The zero-order valence-corrected chi connectivity index (χ0v) is 10.5. The van der Waals surface area contributed by atoms with Gasteiger partial charge < -0.3 is 4.74 Å². The van der Waals surface area contributed by atoms with Gasteiger partial charge in [-0.25, -0.2) is 0 Å². The van der Waals surface area contributed by atoms with Crippen molar-refractivity contribution in [2.45, 2.75) is 59.1 Å². The van der Waals surface area contributed by atoms with E-state index in [4.69, 9.17) is 10.6 Å². The van der Waals surface area contributed by atoms with E-state index >= 15 is 0 Å². The van der Waals surface area contributed by atoms with Crippen LogP contribution in [0.3, 0.4) is 0 Å². The van der Waals surface area contributed by atoms with Gasteiger partial charge in [-0.3, -0.25) is 11.3 Å². The van der Waals surface area contributed by atoms with Crippen LogP contribution in [-0.4, -0.2) is 18.8 Å². The van der Waals surface area contributed by atoms with Crippen molar-refractivity contribution in [2.24, 2.45) is 17.2 Å². The summed E-state index contributed by atoms with van der Waals surface area (Å²) < 4.78 is 5.87. The lowest BCUT2D eigenvalue weighted by Crippen LogP contribution is -2.56. The first kappa shape index (κ1) is 12.9. The van der Waals surface area contributed by atoms with E-state index in [1.807, 2.05) is 6.92 Å². The minimum Gasteiger partial charge on any atom is -0.376 e. The molecule has 0 radical (unpaired) electrons. The van der Waals surface area contributed by atoms with E-state index in [0.717, 1.165) is 6.61 Å². The van der Waals surface area contributed by atoms with Crippen LogP contribution in [0, 0.1) is 11.3 Å². The molecule has 1 aliphatic rings. The molecule has 1 fully saturated rings. The zero-order valence-electron chi connectivity index (χ0n) is 10.5. The molecule has 0 aromatic heterocycles. The van der Waals surface area contributed by atoms with Crippen molar-refractivity contribution in [1.82, 2.24) is 5.43 Å². The van der Waals surface area contributed by atoms with Crippen LogP contribution in [-0.2, 0) is 4.74 Å². The van der Waals surface area contributed by atoms with E-state index in [0.29, 0.717) is 12.0 Å². The molecule has 0 aromatic carbocycles.